The minimum Gasteiger partial charge on any atom is -0.380 e. The molecule has 12 heavy (non-hydrogen) atoms. The zero-order valence-corrected chi connectivity index (χ0v) is 7.12. The Morgan fingerprint density at radius 3 is 3.08 bits per heavy atom. The normalized spacial score (nSPS) is 33.8. The predicted octanol–water partition coefficient (Wildman–Crippen LogP) is 1.33. The molecule has 2 atom stereocenters. The maximum absolute atomic E-state index is 10.6. The minimum atomic E-state index is 0.256. The maximum Gasteiger partial charge on any atom is 0.146 e. The van der Waals surface area contributed by atoms with Gasteiger partial charge in [0.05, 0.1) is 13.2 Å². The summed E-state index contributed by atoms with van der Waals surface area (Å²) >= 11 is 0. The number of carbonyl (C=O) groups excluding carboxylic acids is 1. The Hall–Kier alpha value is -0.890. The highest BCUT2D eigenvalue weighted by Gasteiger charge is 2.30. The lowest BCUT2D eigenvalue weighted by Crippen LogP contribution is -2.26. The average molecular weight is 164 g/mol. The van der Waals surface area contributed by atoms with Gasteiger partial charge in [-0.2, -0.15) is 0 Å². The second-order valence-corrected chi connectivity index (χ2v) is 3.44. The molecule has 2 unspecified atom stereocenters. The van der Waals surface area contributed by atoms with Crippen molar-refractivity contribution in [2.45, 2.75) is 6.92 Å². The number of rotatable bonds is 1. The molecule has 0 radical (unpaired) electrons. The summed E-state index contributed by atoms with van der Waals surface area (Å²) in [4.78, 5) is 10.6. The van der Waals surface area contributed by atoms with Crippen LogP contribution in [0.4, 0.5) is 0 Å². The van der Waals surface area contributed by atoms with Crippen molar-refractivity contribution < 1.29 is 9.53 Å². The van der Waals surface area contributed by atoms with Gasteiger partial charge in [0.2, 0.25) is 0 Å². The van der Waals surface area contributed by atoms with Crippen molar-refractivity contribution in [2.75, 3.05) is 13.2 Å². The van der Waals surface area contributed by atoms with Crippen LogP contribution in [0.15, 0.2) is 23.3 Å². The Labute approximate surface area is 71.9 Å². The molecule has 0 aromatic carbocycles. The highest BCUT2D eigenvalue weighted by atomic mass is 16.5. The van der Waals surface area contributed by atoms with Crippen LogP contribution < -0.4 is 0 Å². The van der Waals surface area contributed by atoms with Crippen LogP contribution in [0.5, 0.6) is 0 Å². The van der Waals surface area contributed by atoms with Gasteiger partial charge in [0.25, 0.3) is 0 Å². The van der Waals surface area contributed by atoms with E-state index in [1.54, 1.807) is 0 Å². The number of carbonyl (C=O) groups is 1. The van der Waals surface area contributed by atoms with Crippen LogP contribution >= 0.6 is 0 Å². The fraction of sp³-hybridized carbons (Fsp3) is 0.500. The third kappa shape index (κ3) is 1.03. The molecular formula is C10H12O2. The molecule has 2 heteroatoms. The zero-order valence-electron chi connectivity index (χ0n) is 7.12. The van der Waals surface area contributed by atoms with Crippen molar-refractivity contribution in [3.63, 3.8) is 0 Å². The summed E-state index contributed by atoms with van der Waals surface area (Å²) in [5, 5.41) is 0. The van der Waals surface area contributed by atoms with E-state index in [0.29, 0.717) is 12.5 Å². The monoisotopic (exact) mass is 164 g/mol. The Balaban J connectivity index is 2.22. The van der Waals surface area contributed by atoms with Gasteiger partial charge in [-0.1, -0.05) is 24.6 Å². The van der Waals surface area contributed by atoms with Gasteiger partial charge in [-0.15, -0.1) is 0 Å². The van der Waals surface area contributed by atoms with E-state index in [-0.39, 0.29) is 5.92 Å². The molecule has 0 bridgehead atoms. The molecule has 0 saturated carbocycles. The molecular weight excluding hydrogens is 152 g/mol. The average Bonchev–Trinajstić information content (AvgIpc) is 2.49. The Kier molecular flexibility index (Phi) is 1.85. The predicted molar refractivity (Wildman–Crippen MR) is 45.7 cm³/mol. The molecule has 1 heterocycles. The lowest BCUT2D eigenvalue weighted by Gasteiger charge is -2.27. The fourth-order valence-corrected chi connectivity index (χ4v) is 1.90. The van der Waals surface area contributed by atoms with E-state index in [4.69, 9.17) is 4.74 Å². The van der Waals surface area contributed by atoms with Gasteiger partial charge in [0.15, 0.2) is 0 Å². The molecule has 0 aromatic heterocycles. The maximum atomic E-state index is 10.6. The molecule has 1 saturated heterocycles. The standard InChI is InChI=1S/C10H12O2/c1-7-5-12-6-10-8(4-11)2-3-9(7)10/h2-4,7,10H,5-6H2,1H3. The first-order chi connectivity index (χ1) is 5.83. The van der Waals surface area contributed by atoms with Gasteiger partial charge in [-0.3, -0.25) is 4.79 Å². The number of fused-ring (bicyclic) bond motifs is 1. The Bertz CT molecular complexity index is 263. The van der Waals surface area contributed by atoms with E-state index in [9.17, 15) is 4.79 Å². The van der Waals surface area contributed by atoms with E-state index in [0.717, 1.165) is 18.5 Å². The van der Waals surface area contributed by atoms with E-state index in [2.05, 4.69) is 13.0 Å². The van der Waals surface area contributed by atoms with Gasteiger partial charge < -0.3 is 4.74 Å². The molecule has 0 aromatic rings. The van der Waals surface area contributed by atoms with Crippen molar-refractivity contribution in [1.82, 2.24) is 0 Å². The molecule has 2 rings (SSSR count). The van der Waals surface area contributed by atoms with Crippen molar-refractivity contribution in [3.05, 3.63) is 23.3 Å². The smallest absolute Gasteiger partial charge is 0.146 e. The minimum absolute atomic E-state index is 0.256. The van der Waals surface area contributed by atoms with Gasteiger partial charge in [0.1, 0.15) is 6.29 Å². The van der Waals surface area contributed by atoms with Crippen LogP contribution in [0.25, 0.3) is 0 Å². The number of hydrogen-bond donors (Lipinski definition) is 0. The first kappa shape index (κ1) is 7.74. The lowest BCUT2D eigenvalue weighted by molar-refractivity contribution is -0.105. The van der Waals surface area contributed by atoms with Crippen LogP contribution in [0, 0.1) is 11.8 Å². The van der Waals surface area contributed by atoms with Crippen molar-refractivity contribution in [2.24, 2.45) is 11.8 Å². The topological polar surface area (TPSA) is 26.3 Å². The molecule has 64 valence electrons. The summed E-state index contributed by atoms with van der Waals surface area (Å²) in [6, 6.07) is 0. The first-order valence-corrected chi connectivity index (χ1v) is 4.27. The summed E-state index contributed by atoms with van der Waals surface area (Å²) in [5.41, 5.74) is 2.24. The summed E-state index contributed by atoms with van der Waals surface area (Å²) in [5.74, 6) is 0.726. The molecule has 0 amide bonds. The number of ether oxygens (including phenoxy) is 1. The molecule has 2 aliphatic rings. The molecule has 1 aliphatic heterocycles. The van der Waals surface area contributed by atoms with E-state index < -0.39 is 0 Å². The number of aldehydes is 1. The quantitative estimate of drug-likeness (QED) is 0.546. The second-order valence-electron chi connectivity index (χ2n) is 3.44. The summed E-state index contributed by atoms with van der Waals surface area (Å²) < 4.78 is 5.39. The molecule has 0 spiro atoms. The highest BCUT2D eigenvalue weighted by molar-refractivity contribution is 5.77. The van der Waals surface area contributed by atoms with Crippen LogP contribution in [0.2, 0.25) is 0 Å². The largest absolute Gasteiger partial charge is 0.380 e. The second kappa shape index (κ2) is 2.87. The van der Waals surface area contributed by atoms with Crippen LogP contribution in [0.3, 0.4) is 0 Å². The van der Waals surface area contributed by atoms with Gasteiger partial charge >= 0.3 is 0 Å². The SMILES string of the molecule is CC1COCC2C(C=O)=CC=C12. The zero-order chi connectivity index (χ0) is 8.55. The third-order valence-corrected chi connectivity index (χ3v) is 2.63. The fourth-order valence-electron chi connectivity index (χ4n) is 1.90. The van der Waals surface area contributed by atoms with Gasteiger partial charge in [-0.05, 0) is 0 Å². The highest BCUT2D eigenvalue weighted by Crippen LogP contribution is 2.34. The Morgan fingerprint density at radius 1 is 1.50 bits per heavy atom. The molecule has 2 nitrogen and oxygen atoms in total. The van der Waals surface area contributed by atoms with E-state index in [1.165, 1.54) is 5.57 Å². The number of hydrogen-bond acceptors (Lipinski definition) is 2. The van der Waals surface area contributed by atoms with Gasteiger partial charge in [0, 0.05) is 17.4 Å². The van der Waals surface area contributed by atoms with Gasteiger partial charge in [-0.25, -0.2) is 0 Å². The van der Waals surface area contributed by atoms with E-state index >= 15 is 0 Å². The summed E-state index contributed by atoms with van der Waals surface area (Å²) in [6.45, 7) is 3.61. The van der Waals surface area contributed by atoms with Crippen LogP contribution in [-0.4, -0.2) is 19.5 Å². The lowest BCUT2D eigenvalue weighted by atomic mass is 9.87. The van der Waals surface area contributed by atoms with Crippen LogP contribution in [0.1, 0.15) is 6.92 Å². The van der Waals surface area contributed by atoms with Crippen LogP contribution in [-0.2, 0) is 9.53 Å². The van der Waals surface area contributed by atoms with E-state index in [1.807, 2.05) is 6.08 Å². The number of allylic oxidation sites excluding steroid dienone is 2. The van der Waals surface area contributed by atoms with Crippen molar-refractivity contribution in [3.8, 4) is 0 Å². The molecule has 1 fully saturated rings. The summed E-state index contributed by atoms with van der Waals surface area (Å²) in [6.07, 6.45) is 4.93. The molecule has 0 N–H and O–H groups in total. The molecule has 1 aliphatic carbocycles. The first-order valence-electron chi connectivity index (χ1n) is 4.27. The third-order valence-electron chi connectivity index (χ3n) is 2.63. The Morgan fingerprint density at radius 2 is 2.33 bits per heavy atom. The van der Waals surface area contributed by atoms with Crippen molar-refractivity contribution >= 4 is 6.29 Å². The summed E-state index contributed by atoms with van der Waals surface area (Å²) in [7, 11) is 0. The van der Waals surface area contributed by atoms with Crippen molar-refractivity contribution in [1.29, 1.82) is 0 Å².